The standard InChI is InChI=1S/C17H23NO3/c19-12-17(10-13-6-8-15(17)9-7-13)18-16(20)21-11-14-4-2-1-3-5-14/h1-5,13,15,19H,6-12H2,(H,18,20). The Bertz CT molecular complexity index is 482. The third-order valence-corrected chi connectivity index (χ3v) is 5.13. The van der Waals surface area contributed by atoms with Crippen LogP contribution in [0, 0.1) is 11.8 Å². The number of aliphatic hydroxyl groups excluding tert-OH is 1. The normalized spacial score (nSPS) is 30.9. The summed E-state index contributed by atoms with van der Waals surface area (Å²) < 4.78 is 5.30. The predicted molar refractivity (Wildman–Crippen MR) is 79.6 cm³/mol. The molecule has 1 amide bonds. The summed E-state index contributed by atoms with van der Waals surface area (Å²) in [6, 6.07) is 9.64. The van der Waals surface area contributed by atoms with E-state index in [1.165, 1.54) is 12.8 Å². The number of ether oxygens (including phenoxy) is 1. The van der Waals surface area contributed by atoms with E-state index in [0.29, 0.717) is 11.8 Å². The molecule has 1 atom stereocenters. The lowest BCUT2D eigenvalue weighted by molar-refractivity contribution is -0.00182. The van der Waals surface area contributed by atoms with Crippen molar-refractivity contribution in [2.45, 2.75) is 44.2 Å². The molecule has 3 aliphatic carbocycles. The summed E-state index contributed by atoms with van der Waals surface area (Å²) in [7, 11) is 0. The first-order chi connectivity index (χ1) is 10.2. The highest BCUT2D eigenvalue weighted by Gasteiger charge is 2.48. The van der Waals surface area contributed by atoms with Crippen molar-refractivity contribution in [1.29, 1.82) is 0 Å². The number of carbonyl (C=O) groups excluding carboxylic acids is 1. The molecule has 0 heterocycles. The molecule has 1 aromatic carbocycles. The summed E-state index contributed by atoms with van der Waals surface area (Å²) in [6.45, 7) is 0.275. The quantitative estimate of drug-likeness (QED) is 0.896. The van der Waals surface area contributed by atoms with Gasteiger partial charge in [0.1, 0.15) is 6.61 Å². The van der Waals surface area contributed by atoms with Crippen molar-refractivity contribution in [3.63, 3.8) is 0 Å². The zero-order valence-electron chi connectivity index (χ0n) is 12.3. The molecule has 1 aromatic rings. The highest BCUT2D eigenvalue weighted by Crippen LogP contribution is 2.47. The molecule has 2 N–H and O–H groups in total. The van der Waals surface area contributed by atoms with Crippen LogP contribution >= 0.6 is 0 Å². The zero-order valence-corrected chi connectivity index (χ0v) is 12.3. The number of rotatable bonds is 4. The fourth-order valence-electron chi connectivity index (χ4n) is 3.95. The van der Waals surface area contributed by atoms with Crippen molar-refractivity contribution in [1.82, 2.24) is 5.32 Å². The van der Waals surface area contributed by atoms with Gasteiger partial charge in [-0.1, -0.05) is 43.2 Å². The molecular weight excluding hydrogens is 266 g/mol. The molecule has 3 fully saturated rings. The molecule has 1 unspecified atom stereocenters. The van der Waals surface area contributed by atoms with Gasteiger partial charge in [-0.05, 0) is 36.7 Å². The average molecular weight is 289 g/mol. The van der Waals surface area contributed by atoms with Gasteiger partial charge in [0.2, 0.25) is 0 Å². The van der Waals surface area contributed by atoms with E-state index in [1.54, 1.807) is 0 Å². The maximum absolute atomic E-state index is 12.1. The van der Waals surface area contributed by atoms with Crippen molar-refractivity contribution < 1.29 is 14.6 Å². The Labute approximate surface area is 125 Å². The number of alkyl carbamates (subject to hydrolysis) is 1. The van der Waals surface area contributed by atoms with Crippen LogP contribution in [0.2, 0.25) is 0 Å². The zero-order chi connectivity index (χ0) is 14.7. The van der Waals surface area contributed by atoms with Crippen LogP contribution in [0.4, 0.5) is 4.79 Å². The molecule has 0 aromatic heterocycles. The van der Waals surface area contributed by atoms with Gasteiger partial charge in [-0.2, -0.15) is 0 Å². The summed E-state index contributed by atoms with van der Waals surface area (Å²) in [4.78, 5) is 12.1. The van der Waals surface area contributed by atoms with Gasteiger partial charge in [0, 0.05) is 0 Å². The second-order valence-corrected chi connectivity index (χ2v) is 6.42. The highest BCUT2D eigenvalue weighted by atomic mass is 16.5. The first kappa shape index (κ1) is 14.4. The van der Waals surface area contributed by atoms with Gasteiger partial charge in [-0.25, -0.2) is 4.79 Å². The number of hydrogen-bond donors (Lipinski definition) is 2. The number of amides is 1. The molecule has 3 saturated carbocycles. The number of nitrogens with one attached hydrogen (secondary N) is 1. The minimum Gasteiger partial charge on any atom is -0.445 e. The smallest absolute Gasteiger partial charge is 0.407 e. The monoisotopic (exact) mass is 289 g/mol. The summed E-state index contributed by atoms with van der Waals surface area (Å²) in [5.74, 6) is 1.02. The van der Waals surface area contributed by atoms with E-state index in [-0.39, 0.29) is 13.2 Å². The molecule has 3 aliphatic rings. The van der Waals surface area contributed by atoms with Crippen LogP contribution in [0.1, 0.15) is 37.7 Å². The Morgan fingerprint density at radius 1 is 1.24 bits per heavy atom. The Kier molecular flexibility index (Phi) is 4.15. The molecule has 4 nitrogen and oxygen atoms in total. The Hall–Kier alpha value is -1.55. The van der Waals surface area contributed by atoms with E-state index in [9.17, 15) is 9.90 Å². The van der Waals surface area contributed by atoms with Crippen molar-refractivity contribution in [2.24, 2.45) is 11.8 Å². The largest absolute Gasteiger partial charge is 0.445 e. The summed E-state index contributed by atoms with van der Waals surface area (Å²) >= 11 is 0. The molecule has 2 bridgehead atoms. The number of hydrogen-bond acceptors (Lipinski definition) is 3. The highest BCUT2D eigenvalue weighted by molar-refractivity contribution is 5.68. The Morgan fingerprint density at radius 3 is 2.52 bits per heavy atom. The molecule has 0 aliphatic heterocycles. The number of fused-ring (bicyclic) bond motifs is 3. The van der Waals surface area contributed by atoms with Crippen LogP contribution in [0.15, 0.2) is 30.3 Å². The second-order valence-electron chi connectivity index (χ2n) is 6.42. The fourth-order valence-corrected chi connectivity index (χ4v) is 3.95. The third-order valence-electron chi connectivity index (χ3n) is 5.13. The van der Waals surface area contributed by atoms with Crippen LogP contribution in [-0.2, 0) is 11.3 Å². The molecule has 4 rings (SSSR count). The molecule has 4 heteroatoms. The average Bonchev–Trinajstić information content (AvgIpc) is 2.55. The molecule has 21 heavy (non-hydrogen) atoms. The van der Waals surface area contributed by atoms with Crippen molar-refractivity contribution in [3.05, 3.63) is 35.9 Å². The second kappa shape index (κ2) is 6.06. The maximum atomic E-state index is 12.1. The third kappa shape index (κ3) is 3.05. The van der Waals surface area contributed by atoms with Gasteiger partial charge >= 0.3 is 6.09 Å². The van der Waals surface area contributed by atoms with Crippen molar-refractivity contribution >= 4 is 6.09 Å². The first-order valence-electron chi connectivity index (χ1n) is 7.81. The molecular formula is C17H23NO3. The lowest BCUT2D eigenvalue weighted by atomic mass is 9.60. The number of benzene rings is 1. The van der Waals surface area contributed by atoms with Gasteiger partial charge in [0.15, 0.2) is 0 Å². The summed E-state index contributed by atoms with van der Waals surface area (Å²) in [5.41, 5.74) is 0.505. The van der Waals surface area contributed by atoms with Gasteiger partial charge in [0.05, 0.1) is 12.1 Å². The molecule has 0 radical (unpaired) electrons. The SMILES string of the molecule is O=C(NC1(CO)CC2CCC1CC2)OCc1ccccc1. The van der Waals surface area contributed by atoms with Gasteiger partial charge in [-0.15, -0.1) is 0 Å². The minimum absolute atomic E-state index is 0.00854. The first-order valence-corrected chi connectivity index (χ1v) is 7.81. The number of aliphatic hydroxyl groups is 1. The summed E-state index contributed by atoms with van der Waals surface area (Å²) in [5, 5.41) is 12.8. The minimum atomic E-state index is -0.463. The number of carbonyl (C=O) groups is 1. The Balaban J connectivity index is 1.58. The van der Waals surface area contributed by atoms with Crippen LogP contribution in [-0.4, -0.2) is 23.3 Å². The van der Waals surface area contributed by atoms with Crippen molar-refractivity contribution in [3.8, 4) is 0 Å². The van der Waals surface area contributed by atoms with Gasteiger partial charge < -0.3 is 15.2 Å². The van der Waals surface area contributed by atoms with E-state index >= 15 is 0 Å². The molecule has 114 valence electrons. The lowest BCUT2D eigenvalue weighted by Crippen LogP contribution is -2.61. The van der Waals surface area contributed by atoms with Crippen LogP contribution in [0.3, 0.4) is 0 Å². The van der Waals surface area contributed by atoms with Crippen LogP contribution in [0.25, 0.3) is 0 Å². The maximum Gasteiger partial charge on any atom is 0.407 e. The van der Waals surface area contributed by atoms with E-state index in [2.05, 4.69) is 5.32 Å². The van der Waals surface area contributed by atoms with E-state index in [0.717, 1.165) is 24.8 Å². The van der Waals surface area contributed by atoms with Crippen molar-refractivity contribution in [2.75, 3.05) is 6.61 Å². The van der Waals surface area contributed by atoms with E-state index in [1.807, 2.05) is 30.3 Å². The summed E-state index contributed by atoms with van der Waals surface area (Å²) in [6.07, 6.45) is 5.13. The van der Waals surface area contributed by atoms with Crippen LogP contribution in [0.5, 0.6) is 0 Å². The molecule has 0 spiro atoms. The van der Waals surface area contributed by atoms with E-state index in [4.69, 9.17) is 4.74 Å². The van der Waals surface area contributed by atoms with E-state index < -0.39 is 11.6 Å². The predicted octanol–water partition coefficient (Wildman–Crippen LogP) is 2.85. The topological polar surface area (TPSA) is 58.6 Å². The Morgan fingerprint density at radius 2 is 1.95 bits per heavy atom. The molecule has 0 saturated heterocycles. The van der Waals surface area contributed by atoms with Gasteiger partial charge in [-0.3, -0.25) is 0 Å². The lowest BCUT2D eigenvalue weighted by Gasteiger charge is -2.50. The van der Waals surface area contributed by atoms with Crippen LogP contribution < -0.4 is 5.32 Å². The fraction of sp³-hybridized carbons (Fsp3) is 0.588. The van der Waals surface area contributed by atoms with Gasteiger partial charge in [0.25, 0.3) is 0 Å².